The van der Waals surface area contributed by atoms with E-state index in [4.69, 9.17) is 0 Å². The Bertz CT molecular complexity index is 533. The minimum absolute atomic E-state index is 0.101. The first-order valence-electron chi connectivity index (χ1n) is 10.1. The number of likely N-dealkylation sites (N-methyl/N-ethyl adjacent to an activating group) is 1. The molecule has 132 valence electrons. The van der Waals surface area contributed by atoms with Gasteiger partial charge in [-0.2, -0.15) is 0 Å². The highest BCUT2D eigenvalue weighted by Gasteiger charge is 2.57. The summed E-state index contributed by atoms with van der Waals surface area (Å²) in [6.45, 7) is 0.801. The molecule has 0 aromatic carbocycles. The van der Waals surface area contributed by atoms with E-state index in [1.165, 1.54) is 19.3 Å². The lowest BCUT2D eigenvalue weighted by Gasteiger charge is -2.56. The minimum Gasteiger partial charge on any atom is -0.341 e. The highest BCUT2D eigenvalue weighted by Crippen LogP contribution is 2.60. The Kier molecular flexibility index (Phi) is 3.31. The molecule has 1 aliphatic heterocycles. The summed E-state index contributed by atoms with van der Waals surface area (Å²) in [5.41, 5.74) is -0.101. The molecule has 5 aliphatic carbocycles. The van der Waals surface area contributed by atoms with Gasteiger partial charge < -0.3 is 9.80 Å². The van der Waals surface area contributed by atoms with Crippen LogP contribution in [0.3, 0.4) is 0 Å². The van der Waals surface area contributed by atoms with Crippen molar-refractivity contribution in [1.29, 1.82) is 0 Å². The molecule has 24 heavy (non-hydrogen) atoms. The van der Waals surface area contributed by atoms with Gasteiger partial charge >= 0.3 is 0 Å². The molecule has 2 amide bonds. The number of hydrogen-bond donors (Lipinski definition) is 0. The number of carbonyl (C=O) groups excluding carboxylic acids is 2. The predicted octanol–water partition coefficient (Wildman–Crippen LogP) is 2.81. The maximum atomic E-state index is 13.6. The molecule has 4 bridgehead atoms. The van der Waals surface area contributed by atoms with Gasteiger partial charge in [0.15, 0.2) is 0 Å². The average Bonchev–Trinajstić information content (AvgIpc) is 3.28. The SMILES string of the molecule is CN(C(=O)[C@H]1CCCN1C(=O)C12CC3CC(CC(C3)C1)C2)C1CC1. The third-order valence-electron chi connectivity index (χ3n) is 7.73. The smallest absolute Gasteiger partial charge is 0.245 e. The van der Waals surface area contributed by atoms with Crippen molar-refractivity contribution in [2.45, 2.75) is 76.3 Å². The summed E-state index contributed by atoms with van der Waals surface area (Å²) in [6.07, 6.45) is 11.5. The molecule has 0 radical (unpaired) electrons. The summed E-state index contributed by atoms with van der Waals surface area (Å²) in [7, 11) is 1.94. The highest BCUT2D eigenvalue weighted by molar-refractivity contribution is 5.91. The Hall–Kier alpha value is -1.06. The predicted molar refractivity (Wildman–Crippen MR) is 91.1 cm³/mol. The quantitative estimate of drug-likeness (QED) is 0.798. The number of nitrogens with zero attached hydrogens (tertiary/aromatic N) is 2. The molecule has 6 fully saturated rings. The molecule has 0 unspecified atom stereocenters. The molecule has 6 rings (SSSR count). The van der Waals surface area contributed by atoms with E-state index in [1.807, 2.05) is 16.8 Å². The number of likely N-dealkylation sites (tertiary alicyclic amines) is 1. The normalized spacial score (nSPS) is 43.3. The number of amides is 2. The van der Waals surface area contributed by atoms with Gasteiger partial charge in [-0.1, -0.05) is 0 Å². The maximum Gasteiger partial charge on any atom is 0.245 e. The van der Waals surface area contributed by atoms with E-state index in [0.29, 0.717) is 11.9 Å². The molecule has 1 heterocycles. The zero-order valence-electron chi connectivity index (χ0n) is 14.9. The third kappa shape index (κ3) is 2.24. The lowest BCUT2D eigenvalue weighted by molar-refractivity contribution is -0.161. The van der Waals surface area contributed by atoms with Crippen LogP contribution in [-0.4, -0.2) is 47.3 Å². The third-order valence-corrected chi connectivity index (χ3v) is 7.73. The van der Waals surface area contributed by atoms with Crippen molar-refractivity contribution < 1.29 is 9.59 Å². The van der Waals surface area contributed by atoms with Gasteiger partial charge in [-0.05, 0) is 82.0 Å². The van der Waals surface area contributed by atoms with Crippen LogP contribution in [0.5, 0.6) is 0 Å². The van der Waals surface area contributed by atoms with Crippen LogP contribution >= 0.6 is 0 Å². The molecule has 0 aromatic heterocycles. The zero-order valence-corrected chi connectivity index (χ0v) is 14.9. The van der Waals surface area contributed by atoms with Gasteiger partial charge in [0.25, 0.3) is 0 Å². The second kappa shape index (κ2) is 5.22. The molecule has 4 nitrogen and oxygen atoms in total. The largest absolute Gasteiger partial charge is 0.341 e. The van der Waals surface area contributed by atoms with Crippen molar-refractivity contribution in [3.8, 4) is 0 Å². The van der Waals surface area contributed by atoms with Gasteiger partial charge in [-0.25, -0.2) is 0 Å². The molecule has 1 atom stereocenters. The maximum absolute atomic E-state index is 13.6. The Morgan fingerprint density at radius 1 is 0.958 bits per heavy atom. The average molecular weight is 330 g/mol. The fourth-order valence-electron chi connectivity index (χ4n) is 6.82. The lowest BCUT2D eigenvalue weighted by Crippen LogP contribution is -2.57. The van der Waals surface area contributed by atoms with E-state index in [1.54, 1.807) is 0 Å². The summed E-state index contributed by atoms with van der Waals surface area (Å²) in [4.78, 5) is 30.4. The standard InChI is InChI=1S/C20H30N2O2/c1-21(16-4-5-16)18(23)17-3-2-6-22(17)19(24)20-10-13-7-14(11-20)9-15(8-13)12-20/h13-17H,2-12H2,1H3/t13?,14?,15?,17-,20?/m1/s1. The minimum atomic E-state index is -0.170. The Labute approximate surface area is 144 Å². The van der Waals surface area contributed by atoms with Crippen molar-refractivity contribution in [3.63, 3.8) is 0 Å². The Balaban J connectivity index is 1.37. The van der Waals surface area contributed by atoms with Gasteiger partial charge in [-0.3, -0.25) is 9.59 Å². The second-order valence-electron chi connectivity index (χ2n) is 9.53. The van der Waals surface area contributed by atoms with Crippen LogP contribution in [0.2, 0.25) is 0 Å². The molecule has 1 saturated heterocycles. The number of carbonyl (C=O) groups is 2. The lowest BCUT2D eigenvalue weighted by atomic mass is 9.49. The van der Waals surface area contributed by atoms with Crippen molar-refractivity contribution in [2.24, 2.45) is 23.2 Å². The summed E-state index contributed by atoms with van der Waals surface area (Å²) in [5, 5.41) is 0. The topological polar surface area (TPSA) is 40.6 Å². The van der Waals surface area contributed by atoms with E-state index in [0.717, 1.165) is 69.2 Å². The monoisotopic (exact) mass is 330 g/mol. The highest BCUT2D eigenvalue weighted by atomic mass is 16.2. The van der Waals surface area contributed by atoms with Crippen LogP contribution in [0, 0.1) is 23.2 Å². The van der Waals surface area contributed by atoms with Gasteiger partial charge in [0, 0.05) is 19.6 Å². The first-order chi connectivity index (χ1) is 11.6. The Morgan fingerprint density at radius 2 is 1.54 bits per heavy atom. The fraction of sp³-hybridized carbons (Fsp3) is 0.900. The van der Waals surface area contributed by atoms with Crippen LogP contribution in [0.1, 0.15) is 64.2 Å². The van der Waals surface area contributed by atoms with Gasteiger partial charge in [0.2, 0.25) is 11.8 Å². The summed E-state index contributed by atoms with van der Waals surface area (Å²) in [6, 6.07) is 0.269. The van der Waals surface area contributed by atoms with Gasteiger partial charge in [-0.15, -0.1) is 0 Å². The molecule has 0 N–H and O–H groups in total. The molecule has 0 aromatic rings. The summed E-state index contributed by atoms with van der Waals surface area (Å²) >= 11 is 0. The van der Waals surface area contributed by atoms with Crippen LogP contribution in [0.4, 0.5) is 0 Å². The van der Waals surface area contributed by atoms with E-state index < -0.39 is 0 Å². The first kappa shape index (κ1) is 15.2. The van der Waals surface area contributed by atoms with E-state index in [2.05, 4.69) is 0 Å². The summed E-state index contributed by atoms with van der Waals surface area (Å²) in [5.74, 6) is 2.90. The van der Waals surface area contributed by atoms with Crippen molar-refractivity contribution >= 4 is 11.8 Å². The molecule has 4 heteroatoms. The molecular weight excluding hydrogens is 300 g/mol. The van der Waals surface area contributed by atoms with E-state index in [-0.39, 0.29) is 17.4 Å². The number of rotatable bonds is 3. The molecular formula is C20H30N2O2. The van der Waals surface area contributed by atoms with Crippen LogP contribution < -0.4 is 0 Å². The van der Waals surface area contributed by atoms with Crippen LogP contribution in [0.25, 0.3) is 0 Å². The molecule has 0 spiro atoms. The Morgan fingerprint density at radius 3 is 2.08 bits per heavy atom. The second-order valence-corrected chi connectivity index (χ2v) is 9.53. The van der Waals surface area contributed by atoms with Crippen molar-refractivity contribution in [1.82, 2.24) is 9.80 Å². The first-order valence-corrected chi connectivity index (χ1v) is 10.1. The van der Waals surface area contributed by atoms with Crippen LogP contribution in [0.15, 0.2) is 0 Å². The van der Waals surface area contributed by atoms with Crippen molar-refractivity contribution in [3.05, 3.63) is 0 Å². The van der Waals surface area contributed by atoms with Crippen molar-refractivity contribution in [2.75, 3.05) is 13.6 Å². The van der Waals surface area contributed by atoms with E-state index >= 15 is 0 Å². The fourth-order valence-corrected chi connectivity index (χ4v) is 6.82. The molecule has 6 aliphatic rings. The van der Waals surface area contributed by atoms with Gasteiger partial charge in [0.1, 0.15) is 6.04 Å². The van der Waals surface area contributed by atoms with Gasteiger partial charge in [0.05, 0.1) is 5.41 Å². The summed E-state index contributed by atoms with van der Waals surface area (Å²) < 4.78 is 0. The van der Waals surface area contributed by atoms with Crippen LogP contribution in [-0.2, 0) is 9.59 Å². The number of hydrogen-bond acceptors (Lipinski definition) is 2. The van der Waals surface area contributed by atoms with E-state index in [9.17, 15) is 9.59 Å². The zero-order chi connectivity index (χ0) is 16.5. The molecule has 5 saturated carbocycles.